The van der Waals surface area contributed by atoms with Crippen LogP contribution in [-0.4, -0.2) is 38.9 Å². The molecule has 7 N–H and O–H groups in total. The normalized spacial score (nSPS) is 12.6. The predicted octanol–water partition coefficient (Wildman–Crippen LogP) is 2.11. The van der Waals surface area contributed by atoms with Crippen molar-refractivity contribution in [3.8, 4) is 21.9 Å². The SMILES string of the molecule is Nc1ccc(Oc2csc(-c3ccc(S(=O)(=O)O)cc3S(=O)(=O)O)c2S(=O)(=O)O)cc1N. The molecule has 0 saturated heterocycles. The first-order chi connectivity index (χ1) is 14.6. The van der Waals surface area contributed by atoms with E-state index in [9.17, 15) is 34.4 Å². The van der Waals surface area contributed by atoms with Gasteiger partial charge in [-0.25, -0.2) is 0 Å². The maximum atomic E-state index is 12.1. The molecule has 0 aliphatic heterocycles. The van der Waals surface area contributed by atoms with E-state index >= 15 is 0 Å². The fourth-order valence-electron chi connectivity index (χ4n) is 2.64. The summed E-state index contributed by atoms with van der Waals surface area (Å²) in [4.78, 5) is -3.13. The number of anilines is 2. The third-order valence-corrected chi connectivity index (χ3v) is 7.82. The molecule has 16 heteroatoms. The summed E-state index contributed by atoms with van der Waals surface area (Å²) in [7, 11) is -15.0. The Balaban J connectivity index is 2.26. The van der Waals surface area contributed by atoms with Crippen LogP contribution in [0.2, 0.25) is 0 Å². The van der Waals surface area contributed by atoms with Crippen LogP contribution in [0, 0.1) is 0 Å². The van der Waals surface area contributed by atoms with Crippen LogP contribution in [0.25, 0.3) is 10.4 Å². The lowest BCUT2D eigenvalue weighted by Crippen LogP contribution is -2.06. The highest BCUT2D eigenvalue weighted by Crippen LogP contribution is 2.45. The largest absolute Gasteiger partial charge is 0.455 e. The Morgan fingerprint density at radius 1 is 0.781 bits per heavy atom. The lowest BCUT2D eigenvalue weighted by Gasteiger charge is -2.11. The van der Waals surface area contributed by atoms with Crippen molar-refractivity contribution in [2.75, 3.05) is 11.5 Å². The second-order valence-corrected chi connectivity index (χ2v) is 11.3. The summed E-state index contributed by atoms with van der Waals surface area (Å²) in [5.41, 5.74) is 11.2. The number of nitrogen functional groups attached to an aromatic ring is 2. The van der Waals surface area contributed by atoms with E-state index in [-0.39, 0.29) is 22.0 Å². The molecular formula is C16H14N2O10S4. The quantitative estimate of drug-likeness (QED) is 0.232. The van der Waals surface area contributed by atoms with Crippen molar-refractivity contribution in [2.45, 2.75) is 14.7 Å². The van der Waals surface area contributed by atoms with Gasteiger partial charge < -0.3 is 16.2 Å². The number of rotatable bonds is 6. The monoisotopic (exact) mass is 522 g/mol. The highest BCUT2D eigenvalue weighted by Gasteiger charge is 2.30. The first kappa shape index (κ1) is 23.9. The van der Waals surface area contributed by atoms with Crippen LogP contribution in [-0.2, 0) is 30.4 Å². The zero-order chi connectivity index (χ0) is 24.1. The van der Waals surface area contributed by atoms with Gasteiger partial charge in [0.25, 0.3) is 30.4 Å². The number of thiophene rings is 1. The smallest absolute Gasteiger partial charge is 0.299 e. The molecule has 3 rings (SSSR count). The highest BCUT2D eigenvalue weighted by atomic mass is 32.2. The molecule has 0 fully saturated rings. The summed E-state index contributed by atoms with van der Waals surface area (Å²) in [6, 6.07) is 6.10. The van der Waals surface area contributed by atoms with Crippen molar-refractivity contribution in [3.05, 3.63) is 41.8 Å². The molecule has 12 nitrogen and oxygen atoms in total. The summed E-state index contributed by atoms with van der Waals surface area (Å²) >= 11 is 0.619. The number of nitrogens with two attached hydrogens (primary N) is 2. The molecule has 0 aliphatic carbocycles. The molecule has 1 heterocycles. The van der Waals surface area contributed by atoms with Gasteiger partial charge in [-0.15, -0.1) is 11.3 Å². The van der Waals surface area contributed by atoms with Crippen LogP contribution in [0.4, 0.5) is 11.4 Å². The third-order valence-electron chi connectivity index (χ3n) is 4.03. The first-order valence-electron chi connectivity index (χ1n) is 8.10. The fraction of sp³-hybridized carbons (Fsp3) is 0. The molecule has 0 radical (unpaired) electrons. The second kappa shape index (κ2) is 8.00. The third kappa shape index (κ3) is 4.85. The zero-order valence-corrected chi connectivity index (χ0v) is 18.8. The minimum Gasteiger partial charge on any atom is -0.455 e. The summed E-state index contributed by atoms with van der Waals surface area (Å²) in [5, 5.41) is 1.13. The van der Waals surface area contributed by atoms with Crippen molar-refractivity contribution in [3.63, 3.8) is 0 Å². The Hall–Kier alpha value is -2.73. The Kier molecular flexibility index (Phi) is 5.98. The Bertz CT molecular complexity index is 1540. The Morgan fingerprint density at radius 2 is 1.44 bits per heavy atom. The van der Waals surface area contributed by atoms with Gasteiger partial charge in [-0.3, -0.25) is 13.7 Å². The van der Waals surface area contributed by atoms with E-state index in [4.69, 9.17) is 20.8 Å². The van der Waals surface area contributed by atoms with Crippen molar-refractivity contribution in [1.82, 2.24) is 0 Å². The number of benzene rings is 2. The van der Waals surface area contributed by atoms with E-state index in [1.54, 1.807) is 0 Å². The molecule has 0 unspecified atom stereocenters. The van der Waals surface area contributed by atoms with Crippen LogP contribution in [0.3, 0.4) is 0 Å². The molecule has 0 aliphatic rings. The van der Waals surface area contributed by atoms with Crippen molar-refractivity contribution < 1.29 is 43.6 Å². The Morgan fingerprint density at radius 3 is 1.97 bits per heavy atom. The summed E-state index contributed by atoms with van der Waals surface area (Å²) in [6.07, 6.45) is 0. The number of ether oxygens (including phenoxy) is 1. The zero-order valence-electron chi connectivity index (χ0n) is 15.5. The summed E-state index contributed by atoms with van der Waals surface area (Å²) in [5.74, 6) is -0.362. The van der Waals surface area contributed by atoms with Gasteiger partial charge in [0.05, 0.1) is 21.1 Å². The molecule has 0 bridgehead atoms. The summed E-state index contributed by atoms with van der Waals surface area (Å²) < 4.78 is 105. The molecule has 0 saturated carbocycles. The topological polar surface area (TPSA) is 224 Å². The minimum absolute atomic E-state index is 0.0441. The van der Waals surface area contributed by atoms with Gasteiger partial charge in [0.1, 0.15) is 10.6 Å². The molecule has 0 amide bonds. The van der Waals surface area contributed by atoms with E-state index in [0.717, 1.165) is 17.5 Å². The maximum Gasteiger partial charge on any atom is 0.299 e. The maximum absolute atomic E-state index is 12.1. The van der Waals surface area contributed by atoms with Crippen LogP contribution in [0.15, 0.2) is 56.5 Å². The van der Waals surface area contributed by atoms with Crippen LogP contribution >= 0.6 is 11.3 Å². The van der Waals surface area contributed by atoms with Gasteiger partial charge in [0, 0.05) is 17.0 Å². The molecule has 172 valence electrons. The van der Waals surface area contributed by atoms with Crippen LogP contribution in [0.1, 0.15) is 0 Å². The van der Waals surface area contributed by atoms with Crippen LogP contribution in [0.5, 0.6) is 11.5 Å². The number of hydrogen-bond donors (Lipinski definition) is 5. The Labute approximate surface area is 186 Å². The van der Waals surface area contributed by atoms with Crippen LogP contribution < -0.4 is 16.2 Å². The second-order valence-electron chi connectivity index (χ2n) is 6.23. The van der Waals surface area contributed by atoms with Gasteiger partial charge in [0.2, 0.25) is 0 Å². The van der Waals surface area contributed by atoms with Crippen molar-refractivity contribution >= 4 is 53.1 Å². The minimum atomic E-state index is -5.10. The molecule has 0 atom stereocenters. The highest BCUT2D eigenvalue weighted by molar-refractivity contribution is 7.87. The van der Waals surface area contributed by atoms with Gasteiger partial charge in [-0.05, 0) is 24.3 Å². The molecule has 0 spiro atoms. The van der Waals surface area contributed by atoms with E-state index in [2.05, 4.69) is 0 Å². The van der Waals surface area contributed by atoms with Crippen molar-refractivity contribution in [2.24, 2.45) is 0 Å². The fourth-order valence-corrected chi connectivity index (χ4v) is 6.15. The molecule has 32 heavy (non-hydrogen) atoms. The van der Waals surface area contributed by atoms with Crippen molar-refractivity contribution in [1.29, 1.82) is 0 Å². The van der Waals surface area contributed by atoms with E-state index < -0.39 is 56.4 Å². The average Bonchev–Trinajstić information content (AvgIpc) is 3.06. The predicted molar refractivity (Wildman–Crippen MR) is 115 cm³/mol. The molecule has 1 aromatic heterocycles. The lowest BCUT2D eigenvalue weighted by molar-refractivity contribution is 0.453. The average molecular weight is 523 g/mol. The van der Waals surface area contributed by atoms with E-state index in [1.165, 1.54) is 18.2 Å². The standard InChI is InChI=1S/C16H14N2O10S4/c17-11-4-1-8(5-12(11)18)28-13-7-29-15(16(13)32(25,26)27)10-3-2-9(30(19,20)21)6-14(10)31(22,23)24/h1-7H,17-18H2,(H,19,20,21)(H,22,23,24)(H,25,26,27). The molecule has 3 aromatic rings. The molecular weight excluding hydrogens is 508 g/mol. The van der Waals surface area contributed by atoms with Gasteiger partial charge in [-0.1, -0.05) is 6.07 Å². The first-order valence-corrected chi connectivity index (χ1v) is 13.3. The molecule has 2 aromatic carbocycles. The van der Waals surface area contributed by atoms with E-state index in [0.29, 0.717) is 17.4 Å². The lowest BCUT2D eigenvalue weighted by atomic mass is 10.2. The number of hydrogen-bond acceptors (Lipinski definition) is 10. The van der Waals surface area contributed by atoms with Gasteiger partial charge >= 0.3 is 0 Å². The van der Waals surface area contributed by atoms with Gasteiger partial charge in [-0.2, -0.15) is 25.3 Å². The summed E-state index contributed by atoms with van der Waals surface area (Å²) in [6.45, 7) is 0. The van der Waals surface area contributed by atoms with Gasteiger partial charge in [0.15, 0.2) is 10.6 Å². The van der Waals surface area contributed by atoms with E-state index in [1.807, 2.05) is 0 Å².